The third-order valence-electron chi connectivity index (χ3n) is 7.49. The lowest BCUT2D eigenvalue weighted by Crippen LogP contribution is -2.28. The number of hydrogen-bond acceptors (Lipinski definition) is 7. The Bertz CT molecular complexity index is 1560. The monoisotopic (exact) mass is 497 g/mol. The van der Waals surface area contributed by atoms with Crippen molar-refractivity contribution in [2.75, 3.05) is 31.2 Å². The average Bonchev–Trinajstić information content (AvgIpc) is 3.71. The Morgan fingerprint density at radius 1 is 1.03 bits per heavy atom. The van der Waals surface area contributed by atoms with E-state index in [9.17, 15) is 0 Å². The van der Waals surface area contributed by atoms with Crippen LogP contribution in [0, 0.1) is 5.41 Å². The molecule has 0 aliphatic carbocycles. The van der Waals surface area contributed by atoms with E-state index in [1.807, 2.05) is 35.7 Å². The first-order valence-corrected chi connectivity index (χ1v) is 13.1. The fourth-order valence-electron chi connectivity index (χ4n) is 5.58. The molecule has 9 heteroatoms. The van der Waals surface area contributed by atoms with Gasteiger partial charge < -0.3 is 14.2 Å². The quantitative estimate of drug-likeness (QED) is 0.356. The minimum Gasteiger partial charge on any atom is -0.381 e. The van der Waals surface area contributed by atoms with E-state index >= 15 is 0 Å². The lowest BCUT2D eigenvalue weighted by atomic mass is 9.87. The van der Waals surface area contributed by atoms with Gasteiger partial charge in [0.2, 0.25) is 0 Å². The van der Waals surface area contributed by atoms with Crippen molar-refractivity contribution in [1.29, 1.82) is 0 Å². The summed E-state index contributed by atoms with van der Waals surface area (Å²) >= 11 is 1.68. The maximum absolute atomic E-state index is 5.83. The van der Waals surface area contributed by atoms with E-state index in [0.717, 1.165) is 82.7 Å². The van der Waals surface area contributed by atoms with Crippen LogP contribution in [0.3, 0.4) is 0 Å². The van der Waals surface area contributed by atoms with Crippen molar-refractivity contribution in [3.63, 3.8) is 0 Å². The van der Waals surface area contributed by atoms with Crippen molar-refractivity contribution in [2.24, 2.45) is 19.5 Å². The van der Waals surface area contributed by atoms with Crippen LogP contribution in [-0.4, -0.2) is 55.6 Å². The molecule has 0 radical (unpaired) electrons. The van der Waals surface area contributed by atoms with E-state index in [4.69, 9.17) is 19.8 Å². The van der Waals surface area contributed by atoms with Crippen LogP contribution in [0.1, 0.15) is 12.8 Å². The van der Waals surface area contributed by atoms with Crippen LogP contribution in [-0.2, 0) is 18.8 Å². The number of thiophene rings is 1. The number of imidazole rings is 1. The molecule has 0 bridgehead atoms. The summed E-state index contributed by atoms with van der Waals surface area (Å²) in [4.78, 5) is 19.4. The molecule has 36 heavy (non-hydrogen) atoms. The zero-order valence-electron chi connectivity index (χ0n) is 20.4. The number of rotatable bonds is 4. The molecule has 0 amide bonds. The molecule has 7 rings (SSSR count). The summed E-state index contributed by atoms with van der Waals surface area (Å²) in [7, 11) is 3.94. The number of benzene rings is 1. The lowest BCUT2D eigenvalue weighted by Gasteiger charge is -2.24. The second kappa shape index (κ2) is 8.25. The first-order valence-electron chi connectivity index (χ1n) is 12.3. The molecule has 2 saturated heterocycles. The summed E-state index contributed by atoms with van der Waals surface area (Å²) in [6, 6.07) is 12.6. The van der Waals surface area contributed by atoms with Crippen LogP contribution < -0.4 is 4.90 Å². The number of ether oxygens (including phenoxy) is 1. The van der Waals surface area contributed by atoms with Crippen LogP contribution in [0.5, 0.6) is 0 Å². The largest absolute Gasteiger partial charge is 0.381 e. The SMILES string of the molecule is Cn1ccc(-c2sc3nc(-c4nccn4C)nc(N4CCC5(CCOC5)C4)c3c2-c2ccccc2)n1. The van der Waals surface area contributed by atoms with Gasteiger partial charge in [-0.25, -0.2) is 15.0 Å². The van der Waals surface area contributed by atoms with Crippen molar-refractivity contribution in [2.45, 2.75) is 12.8 Å². The van der Waals surface area contributed by atoms with E-state index in [0.29, 0.717) is 5.82 Å². The summed E-state index contributed by atoms with van der Waals surface area (Å²) in [5.41, 5.74) is 3.47. The number of fused-ring (bicyclic) bond motifs is 1. The molecular formula is C27H27N7OS. The van der Waals surface area contributed by atoms with Gasteiger partial charge in [0, 0.05) is 63.4 Å². The molecule has 1 unspecified atom stereocenters. The zero-order chi connectivity index (χ0) is 24.3. The zero-order valence-corrected chi connectivity index (χ0v) is 21.2. The van der Waals surface area contributed by atoms with Gasteiger partial charge in [-0.15, -0.1) is 11.3 Å². The van der Waals surface area contributed by atoms with Crippen molar-refractivity contribution in [3.8, 4) is 33.3 Å². The normalized spacial score (nSPS) is 19.8. The fraction of sp³-hybridized carbons (Fsp3) is 0.333. The highest BCUT2D eigenvalue weighted by atomic mass is 32.1. The molecule has 6 heterocycles. The Morgan fingerprint density at radius 2 is 1.92 bits per heavy atom. The topological polar surface area (TPSA) is 73.9 Å². The number of hydrogen-bond donors (Lipinski definition) is 0. The van der Waals surface area contributed by atoms with Crippen molar-refractivity contribution in [1.82, 2.24) is 29.3 Å². The second-order valence-corrected chi connectivity index (χ2v) is 10.9. The molecule has 2 aliphatic rings. The Kier molecular flexibility index (Phi) is 4.97. The molecule has 1 aromatic carbocycles. The maximum atomic E-state index is 5.83. The second-order valence-electron chi connectivity index (χ2n) is 9.93. The third kappa shape index (κ3) is 3.45. The molecule has 1 atom stereocenters. The Balaban J connectivity index is 1.51. The molecular weight excluding hydrogens is 470 g/mol. The Labute approximate surface area is 213 Å². The van der Waals surface area contributed by atoms with Crippen molar-refractivity contribution >= 4 is 27.4 Å². The summed E-state index contributed by atoms with van der Waals surface area (Å²) < 4.78 is 9.66. The average molecular weight is 498 g/mol. The molecule has 4 aromatic heterocycles. The van der Waals surface area contributed by atoms with Gasteiger partial charge in [0.15, 0.2) is 11.6 Å². The summed E-state index contributed by atoms with van der Waals surface area (Å²) in [5.74, 6) is 2.41. The predicted molar refractivity (Wildman–Crippen MR) is 142 cm³/mol. The van der Waals surface area contributed by atoms with Gasteiger partial charge in [-0.3, -0.25) is 4.68 Å². The highest BCUT2D eigenvalue weighted by Crippen LogP contribution is 2.49. The maximum Gasteiger partial charge on any atom is 0.199 e. The van der Waals surface area contributed by atoms with Gasteiger partial charge in [0.1, 0.15) is 16.3 Å². The molecule has 0 N–H and O–H groups in total. The molecule has 2 fully saturated rings. The smallest absolute Gasteiger partial charge is 0.199 e. The van der Waals surface area contributed by atoms with E-state index < -0.39 is 0 Å². The van der Waals surface area contributed by atoms with E-state index in [1.165, 1.54) is 0 Å². The fourth-order valence-corrected chi connectivity index (χ4v) is 6.73. The predicted octanol–water partition coefficient (Wildman–Crippen LogP) is 4.78. The lowest BCUT2D eigenvalue weighted by molar-refractivity contribution is 0.160. The van der Waals surface area contributed by atoms with E-state index in [2.05, 4.69) is 46.3 Å². The van der Waals surface area contributed by atoms with E-state index in [-0.39, 0.29) is 5.41 Å². The highest BCUT2D eigenvalue weighted by Gasteiger charge is 2.42. The molecule has 5 aromatic rings. The Morgan fingerprint density at radius 3 is 2.64 bits per heavy atom. The first kappa shape index (κ1) is 21.7. The third-order valence-corrected chi connectivity index (χ3v) is 8.59. The van der Waals surface area contributed by atoms with Crippen LogP contribution >= 0.6 is 11.3 Å². The molecule has 2 aliphatic heterocycles. The van der Waals surface area contributed by atoms with Crippen LogP contribution in [0.2, 0.25) is 0 Å². The molecule has 1 spiro atoms. The minimum atomic E-state index is 0.216. The highest BCUT2D eigenvalue weighted by molar-refractivity contribution is 7.22. The van der Waals surface area contributed by atoms with Crippen LogP contribution in [0.25, 0.3) is 43.6 Å². The van der Waals surface area contributed by atoms with Gasteiger partial charge in [-0.05, 0) is 24.5 Å². The van der Waals surface area contributed by atoms with Gasteiger partial charge in [-0.1, -0.05) is 30.3 Å². The summed E-state index contributed by atoms with van der Waals surface area (Å²) in [5, 5.41) is 5.86. The van der Waals surface area contributed by atoms with Crippen LogP contribution in [0.4, 0.5) is 5.82 Å². The molecule has 8 nitrogen and oxygen atoms in total. The van der Waals surface area contributed by atoms with Crippen LogP contribution in [0.15, 0.2) is 55.0 Å². The Hall–Kier alpha value is -3.56. The van der Waals surface area contributed by atoms with Gasteiger partial charge in [0.05, 0.1) is 16.9 Å². The summed E-state index contributed by atoms with van der Waals surface area (Å²) in [6.45, 7) is 3.59. The number of nitrogens with zero attached hydrogens (tertiary/aromatic N) is 7. The van der Waals surface area contributed by atoms with Crippen molar-refractivity contribution in [3.05, 3.63) is 55.0 Å². The first-order chi connectivity index (χ1) is 17.6. The van der Waals surface area contributed by atoms with E-state index in [1.54, 1.807) is 17.5 Å². The number of aryl methyl sites for hydroxylation is 2. The standard InChI is InChI=1S/C27H27N7OS/c1-32-14-11-28-25(32)23-29-24(34-13-9-27(16-34)10-15-35-17-27)21-20(18-6-4-3-5-7-18)22(36-26(21)30-23)19-8-12-33(2)31-19/h3-8,11-12,14H,9-10,13,15-17H2,1-2H3. The molecule has 182 valence electrons. The molecule has 0 saturated carbocycles. The van der Waals surface area contributed by atoms with Gasteiger partial charge in [0.25, 0.3) is 0 Å². The number of aromatic nitrogens is 6. The summed E-state index contributed by atoms with van der Waals surface area (Å²) in [6.07, 6.45) is 7.95. The van der Waals surface area contributed by atoms with Crippen molar-refractivity contribution < 1.29 is 4.74 Å². The minimum absolute atomic E-state index is 0.216. The van der Waals surface area contributed by atoms with Gasteiger partial charge >= 0.3 is 0 Å². The van der Waals surface area contributed by atoms with Gasteiger partial charge in [-0.2, -0.15) is 5.10 Å². The number of anilines is 1.